The van der Waals surface area contributed by atoms with Crippen molar-refractivity contribution >= 4 is 43.1 Å². The minimum atomic E-state index is 0. The molecule has 24 heavy (non-hydrogen) atoms. The number of halogens is 3. The third kappa shape index (κ3) is 6.06. The van der Waals surface area contributed by atoms with Crippen molar-refractivity contribution in [1.29, 1.82) is 0 Å². The van der Waals surface area contributed by atoms with Crippen molar-refractivity contribution in [3.05, 3.63) is 34.9 Å². The summed E-state index contributed by atoms with van der Waals surface area (Å²) < 4.78 is 0. The fraction of sp³-hybridized carbons (Fsp3) is 0.562. The average molecular weight is 398 g/mol. The van der Waals surface area contributed by atoms with Gasteiger partial charge in [-0.1, -0.05) is 6.07 Å². The van der Waals surface area contributed by atoms with Crippen LogP contribution < -0.4 is 10.6 Å². The summed E-state index contributed by atoms with van der Waals surface area (Å²) in [6.07, 6.45) is 0. The van der Waals surface area contributed by atoms with Gasteiger partial charge in [0.1, 0.15) is 0 Å². The molecule has 0 atom stereocenters. The Hall–Kier alpha value is -0.560. The third-order valence-corrected chi connectivity index (χ3v) is 4.41. The molecular weight excluding hydrogens is 371 g/mol. The molecule has 0 aromatic heterocycles. The van der Waals surface area contributed by atoms with Crippen molar-refractivity contribution in [1.82, 2.24) is 20.4 Å². The van der Waals surface area contributed by atoms with Gasteiger partial charge in [-0.15, -0.1) is 37.2 Å². The molecular formula is C16H27Cl3N4O. The zero-order valence-corrected chi connectivity index (χ0v) is 16.4. The van der Waals surface area contributed by atoms with Crippen molar-refractivity contribution in [3.63, 3.8) is 0 Å². The normalized spacial score (nSPS) is 17.0. The van der Waals surface area contributed by atoms with E-state index in [4.69, 9.17) is 0 Å². The van der Waals surface area contributed by atoms with Crippen LogP contribution in [-0.2, 0) is 13.1 Å². The summed E-state index contributed by atoms with van der Waals surface area (Å²) >= 11 is 0. The summed E-state index contributed by atoms with van der Waals surface area (Å²) in [5.41, 5.74) is 3.33. The monoisotopic (exact) mass is 396 g/mol. The van der Waals surface area contributed by atoms with Crippen LogP contribution >= 0.6 is 37.2 Å². The number of carbonyl (C=O) groups is 1. The Balaban J connectivity index is 0.00000176. The third-order valence-electron chi connectivity index (χ3n) is 4.41. The Labute approximate surface area is 162 Å². The van der Waals surface area contributed by atoms with Crippen LogP contribution in [0.4, 0.5) is 0 Å². The number of carbonyl (C=O) groups excluding carboxylic acids is 1. The fourth-order valence-electron chi connectivity index (χ4n) is 2.94. The predicted octanol–water partition coefficient (Wildman–Crippen LogP) is 1.53. The molecule has 1 aromatic rings. The molecule has 1 aromatic carbocycles. The summed E-state index contributed by atoms with van der Waals surface area (Å²) in [5, 5.41) is 6.34. The second-order valence-corrected chi connectivity index (χ2v) is 5.99. The Bertz CT molecular complexity index is 522. The maximum absolute atomic E-state index is 12.2. The quantitative estimate of drug-likeness (QED) is 0.809. The first-order valence-electron chi connectivity index (χ1n) is 7.74. The van der Waals surface area contributed by atoms with Crippen LogP contribution in [-0.4, -0.2) is 62.0 Å². The van der Waals surface area contributed by atoms with E-state index in [1.54, 1.807) is 0 Å². The van der Waals surface area contributed by atoms with Crippen molar-refractivity contribution in [2.24, 2.45) is 0 Å². The molecule has 1 fully saturated rings. The second kappa shape index (κ2) is 11.1. The number of nitrogens with one attached hydrogen (secondary N) is 2. The fourth-order valence-corrected chi connectivity index (χ4v) is 2.94. The smallest absolute Gasteiger partial charge is 0.251 e. The summed E-state index contributed by atoms with van der Waals surface area (Å²) in [7, 11) is 2.15. The largest absolute Gasteiger partial charge is 0.351 e. The molecule has 2 N–H and O–H groups in total. The van der Waals surface area contributed by atoms with Crippen LogP contribution in [0, 0.1) is 0 Å². The van der Waals surface area contributed by atoms with Crippen LogP contribution in [0.5, 0.6) is 0 Å². The average Bonchev–Trinajstić information content (AvgIpc) is 2.96. The van der Waals surface area contributed by atoms with Crippen LogP contribution in [0.15, 0.2) is 18.2 Å². The number of piperazine rings is 1. The Morgan fingerprint density at radius 1 is 1.08 bits per heavy atom. The van der Waals surface area contributed by atoms with Gasteiger partial charge in [0.2, 0.25) is 0 Å². The molecule has 0 unspecified atom stereocenters. The number of benzene rings is 1. The number of likely N-dealkylation sites (N-methyl/N-ethyl adjacent to an activating group) is 1. The van der Waals surface area contributed by atoms with Gasteiger partial charge in [0.25, 0.3) is 5.91 Å². The van der Waals surface area contributed by atoms with Gasteiger partial charge in [-0.3, -0.25) is 9.69 Å². The molecule has 2 heterocycles. The molecule has 8 heteroatoms. The van der Waals surface area contributed by atoms with E-state index in [-0.39, 0.29) is 43.1 Å². The summed E-state index contributed by atoms with van der Waals surface area (Å²) in [4.78, 5) is 16.9. The molecule has 138 valence electrons. The van der Waals surface area contributed by atoms with Gasteiger partial charge in [-0.2, -0.15) is 0 Å². The Morgan fingerprint density at radius 3 is 2.46 bits per heavy atom. The van der Waals surface area contributed by atoms with Crippen LogP contribution in [0.3, 0.4) is 0 Å². The first-order chi connectivity index (χ1) is 10.2. The molecule has 1 saturated heterocycles. The van der Waals surface area contributed by atoms with E-state index in [1.807, 2.05) is 12.1 Å². The highest BCUT2D eigenvalue weighted by molar-refractivity contribution is 5.94. The summed E-state index contributed by atoms with van der Waals surface area (Å²) in [5.74, 6) is 0.0406. The van der Waals surface area contributed by atoms with Crippen molar-refractivity contribution in [3.8, 4) is 0 Å². The number of hydrogen-bond acceptors (Lipinski definition) is 4. The molecule has 2 aliphatic heterocycles. The highest BCUT2D eigenvalue weighted by Gasteiger charge is 2.15. The SMILES string of the molecule is CN1CCN(CCNC(=O)c2ccc3c(c2)CNC3)CC1.Cl.Cl.Cl. The van der Waals surface area contributed by atoms with Crippen LogP contribution in [0.1, 0.15) is 21.5 Å². The van der Waals surface area contributed by atoms with Crippen molar-refractivity contribution < 1.29 is 4.79 Å². The lowest BCUT2D eigenvalue weighted by atomic mass is 10.1. The van der Waals surface area contributed by atoms with Gasteiger partial charge in [0.15, 0.2) is 0 Å². The summed E-state index contributed by atoms with van der Waals surface area (Å²) in [6.45, 7) is 7.87. The van der Waals surface area contributed by atoms with Gasteiger partial charge >= 0.3 is 0 Å². The molecule has 0 saturated carbocycles. The van der Waals surface area contributed by atoms with E-state index in [9.17, 15) is 4.79 Å². The number of rotatable bonds is 4. The van der Waals surface area contributed by atoms with Crippen LogP contribution in [0.25, 0.3) is 0 Å². The van der Waals surface area contributed by atoms with Gasteiger partial charge in [0.05, 0.1) is 0 Å². The number of hydrogen-bond donors (Lipinski definition) is 2. The topological polar surface area (TPSA) is 47.6 Å². The minimum absolute atomic E-state index is 0. The van der Waals surface area contributed by atoms with E-state index in [0.29, 0.717) is 0 Å². The predicted molar refractivity (Wildman–Crippen MR) is 105 cm³/mol. The summed E-state index contributed by atoms with van der Waals surface area (Å²) in [6, 6.07) is 6.00. The molecule has 0 spiro atoms. The van der Waals surface area contributed by atoms with Crippen molar-refractivity contribution in [2.45, 2.75) is 13.1 Å². The molecule has 5 nitrogen and oxygen atoms in total. The molecule has 0 bridgehead atoms. The second-order valence-electron chi connectivity index (χ2n) is 5.99. The molecule has 1 amide bonds. The lowest BCUT2D eigenvalue weighted by Gasteiger charge is -2.32. The van der Waals surface area contributed by atoms with E-state index in [1.165, 1.54) is 11.1 Å². The van der Waals surface area contributed by atoms with E-state index in [2.05, 4.69) is 33.5 Å². The number of fused-ring (bicyclic) bond motifs is 1. The Morgan fingerprint density at radius 2 is 1.75 bits per heavy atom. The molecule has 0 radical (unpaired) electrons. The van der Waals surface area contributed by atoms with E-state index >= 15 is 0 Å². The molecule has 2 aliphatic rings. The highest BCUT2D eigenvalue weighted by Crippen LogP contribution is 2.16. The lowest BCUT2D eigenvalue weighted by Crippen LogP contribution is -2.46. The minimum Gasteiger partial charge on any atom is -0.351 e. The molecule has 3 rings (SSSR count). The number of amides is 1. The maximum atomic E-state index is 12.2. The van der Waals surface area contributed by atoms with Gasteiger partial charge in [-0.25, -0.2) is 0 Å². The standard InChI is InChI=1S/C16H24N4O.3ClH/c1-19-6-8-20(9-7-19)5-4-18-16(21)13-2-3-14-11-17-12-15(14)10-13;;;/h2-3,10,17H,4-9,11-12H2,1H3,(H,18,21);3*1H. The number of nitrogens with zero attached hydrogens (tertiary/aromatic N) is 2. The highest BCUT2D eigenvalue weighted by atomic mass is 35.5. The Kier molecular flexibility index (Phi) is 10.9. The van der Waals surface area contributed by atoms with E-state index < -0.39 is 0 Å². The van der Waals surface area contributed by atoms with Gasteiger partial charge < -0.3 is 15.5 Å². The van der Waals surface area contributed by atoms with E-state index in [0.717, 1.165) is 57.9 Å². The molecule has 0 aliphatic carbocycles. The van der Waals surface area contributed by atoms with Crippen molar-refractivity contribution in [2.75, 3.05) is 46.3 Å². The zero-order valence-electron chi connectivity index (χ0n) is 13.9. The first-order valence-corrected chi connectivity index (χ1v) is 7.74. The lowest BCUT2D eigenvalue weighted by molar-refractivity contribution is 0.0941. The van der Waals surface area contributed by atoms with Crippen LogP contribution in [0.2, 0.25) is 0 Å². The first kappa shape index (κ1) is 23.4. The van der Waals surface area contributed by atoms with Gasteiger partial charge in [-0.05, 0) is 30.3 Å². The maximum Gasteiger partial charge on any atom is 0.251 e. The van der Waals surface area contributed by atoms with Gasteiger partial charge in [0, 0.05) is 57.9 Å². The zero-order chi connectivity index (χ0) is 14.7.